The summed E-state index contributed by atoms with van der Waals surface area (Å²) in [7, 11) is 0. The Morgan fingerprint density at radius 2 is 1.73 bits per heavy atom. The van der Waals surface area contributed by atoms with Gasteiger partial charge in [0.25, 0.3) is 5.91 Å². The molecule has 2 aliphatic heterocycles. The molecule has 3 fully saturated rings. The van der Waals surface area contributed by atoms with Crippen molar-refractivity contribution in [3.63, 3.8) is 0 Å². The first-order valence-corrected chi connectivity index (χ1v) is 11.8. The van der Waals surface area contributed by atoms with Crippen molar-refractivity contribution in [1.82, 2.24) is 20.4 Å². The van der Waals surface area contributed by atoms with E-state index < -0.39 is 11.6 Å². The number of imide groups is 1. The van der Waals surface area contributed by atoms with Gasteiger partial charge < -0.3 is 15.5 Å². The van der Waals surface area contributed by atoms with Gasteiger partial charge in [0, 0.05) is 6.54 Å². The summed E-state index contributed by atoms with van der Waals surface area (Å²) in [5.41, 5.74) is -0.591. The SMILES string of the molecule is CC(C)(C)C1CCC2(CC1)NC(=O)N(CC(=O)NCCCN1CCCCCC1)C2=O. The number of rotatable bonds is 6. The van der Waals surface area contributed by atoms with Gasteiger partial charge in [-0.05, 0) is 75.9 Å². The van der Waals surface area contributed by atoms with Crippen LogP contribution in [0.15, 0.2) is 0 Å². The molecule has 3 aliphatic rings. The van der Waals surface area contributed by atoms with E-state index in [0.717, 1.165) is 43.8 Å². The molecule has 1 spiro atoms. The maximum Gasteiger partial charge on any atom is 0.325 e. The molecule has 4 amide bonds. The van der Waals surface area contributed by atoms with Gasteiger partial charge in [0.05, 0.1) is 0 Å². The van der Waals surface area contributed by atoms with Gasteiger partial charge in [-0.2, -0.15) is 0 Å². The minimum atomic E-state index is -0.800. The molecular formula is C23H40N4O3. The molecule has 7 heteroatoms. The average molecular weight is 421 g/mol. The Morgan fingerprint density at radius 1 is 1.10 bits per heavy atom. The minimum absolute atomic E-state index is 0.182. The Bertz CT molecular complexity index is 627. The van der Waals surface area contributed by atoms with E-state index in [1.54, 1.807) is 0 Å². The molecule has 1 aliphatic carbocycles. The third-order valence-corrected chi connectivity index (χ3v) is 7.28. The predicted molar refractivity (Wildman–Crippen MR) is 117 cm³/mol. The normalized spacial score (nSPS) is 28.5. The minimum Gasteiger partial charge on any atom is -0.354 e. The van der Waals surface area contributed by atoms with Crippen LogP contribution in [-0.4, -0.2) is 65.9 Å². The zero-order valence-electron chi connectivity index (χ0n) is 19.1. The van der Waals surface area contributed by atoms with Gasteiger partial charge in [-0.15, -0.1) is 0 Å². The third-order valence-electron chi connectivity index (χ3n) is 7.28. The van der Waals surface area contributed by atoms with Crippen LogP contribution in [0, 0.1) is 11.3 Å². The van der Waals surface area contributed by atoms with Crippen molar-refractivity contribution in [2.75, 3.05) is 32.7 Å². The number of carbonyl (C=O) groups excluding carboxylic acids is 3. The van der Waals surface area contributed by atoms with Crippen LogP contribution in [0.1, 0.15) is 78.6 Å². The monoisotopic (exact) mass is 420 g/mol. The summed E-state index contributed by atoms with van der Waals surface area (Å²) in [4.78, 5) is 41.4. The Kier molecular flexibility index (Phi) is 7.43. The van der Waals surface area contributed by atoms with E-state index in [1.807, 2.05) is 0 Å². The van der Waals surface area contributed by atoms with Crippen LogP contribution in [-0.2, 0) is 9.59 Å². The van der Waals surface area contributed by atoms with Crippen molar-refractivity contribution in [3.05, 3.63) is 0 Å². The zero-order chi connectivity index (χ0) is 21.8. The summed E-state index contributed by atoms with van der Waals surface area (Å²) in [6.07, 6.45) is 9.21. The van der Waals surface area contributed by atoms with Crippen molar-refractivity contribution >= 4 is 17.8 Å². The molecule has 0 aromatic heterocycles. The van der Waals surface area contributed by atoms with Crippen molar-refractivity contribution < 1.29 is 14.4 Å². The second kappa shape index (κ2) is 9.67. The summed E-state index contributed by atoms with van der Waals surface area (Å²) >= 11 is 0. The van der Waals surface area contributed by atoms with Crippen LogP contribution in [0.5, 0.6) is 0 Å². The van der Waals surface area contributed by atoms with Crippen LogP contribution in [0.2, 0.25) is 0 Å². The molecule has 2 N–H and O–H groups in total. The summed E-state index contributed by atoms with van der Waals surface area (Å²) in [6.45, 7) is 10.4. The Labute approximate surface area is 181 Å². The van der Waals surface area contributed by atoms with Crippen LogP contribution < -0.4 is 10.6 Å². The van der Waals surface area contributed by atoms with E-state index in [4.69, 9.17) is 0 Å². The average Bonchev–Trinajstić information content (AvgIpc) is 2.88. The number of hydrogen-bond acceptors (Lipinski definition) is 4. The van der Waals surface area contributed by atoms with Crippen LogP contribution >= 0.6 is 0 Å². The fourth-order valence-corrected chi connectivity index (χ4v) is 5.23. The van der Waals surface area contributed by atoms with Gasteiger partial charge in [-0.25, -0.2) is 4.79 Å². The molecule has 3 rings (SSSR count). The molecule has 2 saturated heterocycles. The number of nitrogens with zero attached hydrogens (tertiary/aromatic N) is 2. The lowest BCUT2D eigenvalue weighted by atomic mass is 9.67. The molecule has 0 atom stereocenters. The van der Waals surface area contributed by atoms with E-state index in [1.165, 1.54) is 25.7 Å². The Hall–Kier alpha value is -1.63. The molecule has 0 bridgehead atoms. The molecular weight excluding hydrogens is 380 g/mol. The van der Waals surface area contributed by atoms with Crippen molar-refractivity contribution in [3.8, 4) is 0 Å². The highest BCUT2D eigenvalue weighted by molar-refractivity contribution is 6.09. The fourth-order valence-electron chi connectivity index (χ4n) is 5.23. The lowest BCUT2D eigenvalue weighted by molar-refractivity contribution is -0.136. The predicted octanol–water partition coefficient (Wildman–Crippen LogP) is 2.90. The lowest BCUT2D eigenvalue weighted by Crippen LogP contribution is -2.51. The van der Waals surface area contributed by atoms with Gasteiger partial charge in [0.15, 0.2) is 0 Å². The number of carbonyl (C=O) groups is 3. The van der Waals surface area contributed by atoms with Crippen molar-refractivity contribution in [2.24, 2.45) is 11.3 Å². The molecule has 0 aromatic carbocycles. The highest BCUT2D eigenvalue weighted by atomic mass is 16.2. The van der Waals surface area contributed by atoms with Crippen molar-refractivity contribution in [2.45, 2.75) is 84.1 Å². The maximum absolute atomic E-state index is 13.0. The van der Waals surface area contributed by atoms with Gasteiger partial charge in [-0.3, -0.25) is 14.5 Å². The van der Waals surface area contributed by atoms with E-state index in [0.29, 0.717) is 25.3 Å². The fraction of sp³-hybridized carbons (Fsp3) is 0.870. The molecule has 7 nitrogen and oxygen atoms in total. The molecule has 0 unspecified atom stereocenters. The first kappa shape index (κ1) is 23.0. The second-order valence-corrected chi connectivity index (χ2v) is 10.5. The van der Waals surface area contributed by atoms with E-state index in [-0.39, 0.29) is 23.8 Å². The largest absolute Gasteiger partial charge is 0.354 e. The van der Waals surface area contributed by atoms with Gasteiger partial charge in [-0.1, -0.05) is 33.6 Å². The molecule has 0 aromatic rings. The number of amides is 4. The Balaban J connectivity index is 1.42. The summed E-state index contributed by atoms with van der Waals surface area (Å²) < 4.78 is 0. The molecule has 0 radical (unpaired) electrons. The highest BCUT2D eigenvalue weighted by Crippen LogP contribution is 2.43. The molecule has 170 valence electrons. The molecule has 1 saturated carbocycles. The number of nitrogens with one attached hydrogen (secondary N) is 2. The summed E-state index contributed by atoms with van der Waals surface area (Å²) in [5, 5.41) is 5.80. The smallest absolute Gasteiger partial charge is 0.325 e. The van der Waals surface area contributed by atoms with Gasteiger partial charge >= 0.3 is 6.03 Å². The number of urea groups is 1. The quantitative estimate of drug-likeness (QED) is 0.511. The summed E-state index contributed by atoms with van der Waals surface area (Å²) in [5.74, 6) is 0.0729. The topological polar surface area (TPSA) is 81.8 Å². The van der Waals surface area contributed by atoms with E-state index in [2.05, 4.69) is 36.3 Å². The van der Waals surface area contributed by atoms with Crippen molar-refractivity contribution in [1.29, 1.82) is 0 Å². The second-order valence-electron chi connectivity index (χ2n) is 10.5. The van der Waals surface area contributed by atoms with Gasteiger partial charge in [0.2, 0.25) is 5.91 Å². The highest BCUT2D eigenvalue weighted by Gasteiger charge is 2.53. The lowest BCUT2D eigenvalue weighted by Gasteiger charge is -2.40. The first-order chi connectivity index (χ1) is 14.2. The third kappa shape index (κ3) is 5.54. The standard InChI is InChI=1S/C23H40N4O3/c1-22(2,3)18-9-11-23(12-10-18)20(29)27(21(30)25-23)17-19(28)24-13-8-16-26-14-6-4-5-7-15-26/h18H,4-17H2,1-3H3,(H,24,28)(H,25,30). The maximum atomic E-state index is 13.0. The molecule has 2 heterocycles. The first-order valence-electron chi connectivity index (χ1n) is 11.8. The molecule has 30 heavy (non-hydrogen) atoms. The number of hydrogen-bond donors (Lipinski definition) is 2. The van der Waals surface area contributed by atoms with Crippen LogP contribution in [0.3, 0.4) is 0 Å². The van der Waals surface area contributed by atoms with Gasteiger partial charge in [0.1, 0.15) is 12.1 Å². The van der Waals surface area contributed by atoms with E-state index >= 15 is 0 Å². The Morgan fingerprint density at radius 3 is 2.33 bits per heavy atom. The van der Waals surface area contributed by atoms with Crippen LogP contribution in [0.4, 0.5) is 4.79 Å². The number of likely N-dealkylation sites (tertiary alicyclic amines) is 1. The van der Waals surface area contributed by atoms with E-state index in [9.17, 15) is 14.4 Å². The summed E-state index contributed by atoms with van der Waals surface area (Å²) in [6, 6.07) is -0.422. The van der Waals surface area contributed by atoms with Crippen LogP contribution in [0.25, 0.3) is 0 Å². The zero-order valence-corrected chi connectivity index (χ0v) is 19.1.